The van der Waals surface area contributed by atoms with Crippen LogP contribution in [0.25, 0.3) is 0 Å². The molecule has 0 aliphatic carbocycles. The van der Waals surface area contributed by atoms with E-state index in [0.29, 0.717) is 13.1 Å². The van der Waals surface area contributed by atoms with Crippen molar-refractivity contribution < 1.29 is 22.8 Å². The zero-order valence-electron chi connectivity index (χ0n) is 14.6. The molecule has 2 amide bonds. The molecular formula is C18H17ClF3N3O2. The molecule has 0 spiro atoms. The van der Waals surface area contributed by atoms with Crippen LogP contribution in [0.3, 0.4) is 0 Å². The fourth-order valence-corrected chi connectivity index (χ4v) is 2.53. The van der Waals surface area contributed by atoms with Crippen molar-refractivity contribution in [3.05, 3.63) is 58.4 Å². The molecule has 9 heteroatoms. The zero-order valence-corrected chi connectivity index (χ0v) is 15.4. The van der Waals surface area contributed by atoms with E-state index in [4.69, 9.17) is 11.6 Å². The number of hydrogen-bond acceptors (Lipinski definition) is 3. The largest absolute Gasteiger partial charge is 0.416 e. The number of benzene rings is 1. The van der Waals surface area contributed by atoms with E-state index in [1.165, 1.54) is 18.3 Å². The molecule has 0 unspecified atom stereocenters. The molecule has 0 bridgehead atoms. The number of nitrogens with zero attached hydrogens (tertiary/aromatic N) is 2. The molecular weight excluding hydrogens is 383 g/mol. The van der Waals surface area contributed by atoms with Gasteiger partial charge in [0.15, 0.2) is 0 Å². The number of pyridine rings is 1. The van der Waals surface area contributed by atoms with Gasteiger partial charge in [0.25, 0.3) is 11.8 Å². The standard InChI is InChI=1S/C18H17ClF3N3O2/c1-3-25(4-2)17(27)11-7-8-23-15(9-11)16(26)24-14-10-12(18(20,21)22)5-6-13(14)19/h5-10H,3-4H2,1-2H3,(H,24,26). The lowest BCUT2D eigenvalue weighted by atomic mass is 10.1. The summed E-state index contributed by atoms with van der Waals surface area (Å²) in [7, 11) is 0. The van der Waals surface area contributed by atoms with Crippen LogP contribution in [-0.2, 0) is 6.18 Å². The average Bonchev–Trinajstić information content (AvgIpc) is 2.63. The summed E-state index contributed by atoms with van der Waals surface area (Å²) in [5.74, 6) is -1.04. The lowest BCUT2D eigenvalue weighted by Crippen LogP contribution is -2.30. The normalized spacial score (nSPS) is 11.2. The number of amides is 2. The number of halogens is 4. The van der Waals surface area contributed by atoms with Crippen LogP contribution in [0.4, 0.5) is 18.9 Å². The fraction of sp³-hybridized carbons (Fsp3) is 0.278. The Labute approximate surface area is 159 Å². The molecule has 144 valence electrons. The molecule has 2 aromatic rings. The number of carbonyl (C=O) groups is 2. The highest BCUT2D eigenvalue weighted by Gasteiger charge is 2.31. The van der Waals surface area contributed by atoms with Gasteiger partial charge in [0.05, 0.1) is 16.3 Å². The molecule has 1 heterocycles. The minimum atomic E-state index is -4.57. The van der Waals surface area contributed by atoms with Crippen molar-refractivity contribution in [3.8, 4) is 0 Å². The van der Waals surface area contributed by atoms with Gasteiger partial charge in [-0.2, -0.15) is 13.2 Å². The Bertz CT molecular complexity index is 852. The van der Waals surface area contributed by atoms with E-state index in [-0.39, 0.29) is 27.9 Å². The summed E-state index contributed by atoms with van der Waals surface area (Å²) in [5.41, 5.74) is -0.991. The molecule has 0 saturated carbocycles. The predicted molar refractivity (Wildman–Crippen MR) is 95.9 cm³/mol. The van der Waals surface area contributed by atoms with E-state index in [1.54, 1.807) is 4.90 Å². The van der Waals surface area contributed by atoms with Crippen molar-refractivity contribution in [1.82, 2.24) is 9.88 Å². The maximum absolute atomic E-state index is 12.8. The van der Waals surface area contributed by atoms with Crippen LogP contribution >= 0.6 is 11.6 Å². The monoisotopic (exact) mass is 399 g/mol. The van der Waals surface area contributed by atoms with Gasteiger partial charge in [-0.15, -0.1) is 0 Å². The van der Waals surface area contributed by atoms with Crippen molar-refractivity contribution in [3.63, 3.8) is 0 Å². The summed E-state index contributed by atoms with van der Waals surface area (Å²) >= 11 is 5.88. The highest BCUT2D eigenvalue weighted by molar-refractivity contribution is 6.34. The second-order valence-electron chi connectivity index (χ2n) is 5.55. The van der Waals surface area contributed by atoms with Crippen molar-refractivity contribution >= 4 is 29.1 Å². The SMILES string of the molecule is CCN(CC)C(=O)c1ccnc(C(=O)Nc2cc(C(F)(F)F)ccc2Cl)c1. The molecule has 1 N–H and O–H groups in total. The van der Waals surface area contributed by atoms with Gasteiger partial charge >= 0.3 is 6.18 Å². The topological polar surface area (TPSA) is 62.3 Å². The Morgan fingerprint density at radius 2 is 1.81 bits per heavy atom. The number of anilines is 1. The van der Waals surface area contributed by atoms with E-state index < -0.39 is 17.6 Å². The molecule has 2 rings (SSSR count). The van der Waals surface area contributed by atoms with Crippen LogP contribution in [0.1, 0.15) is 40.3 Å². The molecule has 0 atom stereocenters. The summed E-state index contributed by atoms with van der Waals surface area (Å²) in [5, 5.41) is 2.25. The van der Waals surface area contributed by atoms with E-state index in [1.807, 2.05) is 13.8 Å². The van der Waals surface area contributed by atoms with Gasteiger partial charge in [0.1, 0.15) is 5.69 Å². The van der Waals surface area contributed by atoms with Crippen LogP contribution < -0.4 is 5.32 Å². The minimum absolute atomic E-state index is 0.0493. The van der Waals surface area contributed by atoms with E-state index >= 15 is 0 Å². The third-order valence-corrected chi connectivity index (χ3v) is 4.16. The highest BCUT2D eigenvalue weighted by atomic mass is 35.5. The number of alkyl halides is 3. The first-order valence-corrected chi connectivity index (χ1v) is 8.48. The lowest BCUT2D eigenvalue weighted by Gasteiger charge is -2.18. The van der Waals surface area contributed by atoms with Gasteiger partial charge in [0, 0.05) is 24.8 Å². The smallest absolute Gasteiger partial charge is 0.339 e. The first-order valence-electron chi connectivity index (χ1n) is 8.10. The molecule has 0 aliphatic rings. The molecule has 0 radical (unpaired) electrons. The highest BCUT2D eigenvalue weighted by Crippen LogP contribution is 2.33. The number of rotatable bonds is 5. The molecule has 0 saturated heterocycles. The van der Waals surface area contributed by atoms with Gasteiger partial charge < -0.3 is 10.2 Å². The van der Waals surface area contributed by atoms with Crippen LogP contribution in [0.2, 0.25) is 5.02 Å². The second-order valence-corrected chi connectivity index (χ2v) is 5.96. The van der Waals surface area contributed by atoms with E-state index in [2.05, 4.69) is 10.3 Å². The summed E-state index contributed by atoms with van der Waals surface area (Å²) < 4.78 is 38.5. The maximum atomic E-state index is 12.8. The molecule has 1 aromatic heterocycles. The molecule has 27 heavy (non-hydrogen) atoms. The second kappa shape index (κ2) is 8.39. The molecule has 0 aliphatic heterocycles. The van der Waals surface area contributed by atoms with Gasteiger partial charge in [-0.1, -0.05) is 11.6 Å². The average molecular weight is 400 g/mol. The number of hydrogen-bond donors (Lipinski definition) is 1. The number of carbonyl (C=O) groups excluding carboxylic acids is 2. The van der Waals surface area contributed by atoms with Gasteiger partial charge in [0.2, 0.25) is 0 Å². The predicted octanol–water partition coefficient (Wildman–Crippen LogP) is 4.49. The quantitative estimate of drug-likeness (QED) is 0.805. The number of aromatic nitrogens is 1. The minimum Gasteiger partial charge on any atom is -0.339 e. The fourth-order valence-electron chi connectivity index (χ4n) is 2.36. The van der Waals surface area contributed by atoms with E-state index in [9.17, 15) is 22.8 Å². The van der Waals surface area contributed by atoms with E-state index in [0.717, 1.165) is 18.2 Å². The molecule has 5 nitrogen and oxygen atoms in total. The summed E-state index contributed by atoms with van der Waals surface area (Å²) in [4.78, 5) is 30.2. The van der Waals surface area contributed by atoms with Crippen LogP contribution in [0, 0.1) is 0 Å². The van der Waals surface area contributed by atoms with Gasteiger partial charge in [-0.05, 0) is 44.2 Å². The lowest BCUT2D eigenvalue weighted by molar-refractivity contribution is -0.137. The Morgan fingerprint density at radius 3 is 2.41 bits per heavy atom. The number of nitrogens with one attached hydrogen (secondary N) is 1. The third kappa shape index (κ3) is 4.97. The molecule has 1 aromatic carbocycles. The van der Waals surface area contributed by atoms with Gasteiger partial charge in [-0.3, -0.25) is 14.6 Å². The Kier molecular flexibility index (Phi) is 6.43. The third-order valence-electron chi connectivity index (χ3n) is 3.83. The van der Waals surface area contributed by atoms with Gasteiger partial charge in [-0.25, -0.2) is 0 Å². The summed E-state index contributed by atoms with van der Waals surface area (Å²) in [6, 6.07) is 5.37. The Hall–Kier alpha value is -2.61. The first-order chi connectivity index (χ1) is 12.7. The first kappa shape index (κ1) is 20.7. The maximum Gasteiger partial charge on any atom is 0.416 e. The van der Waals surface area contributed by atoms with Crippen LogP contribution in [-0.4, -0.2) is 34.8 Å². The summed E-state index contributed by atoms with van der Waals surface area (Å²) in [6.07, 6.45) is -3.28. The van der Waals surface area contributed by atoms with Crippen molar-refractivity contribution in [2.24, 2.45) is 0 Å². The van der Waals surface area contributed by atoms with Crippen molar-refractivity contribution in [2.75, 3.05) is 18.4 Å². The van der Waals surface area contributed by atoms with Crippen LogP contribution in [0.15, 0.2) is 36.5 Å². The van der Waals surface area contributed by atoms with Crippen LogP contribution in [0.5, 0.6) is 0 Å². The Morgan fingerprint density at radius 1 is 1.15 bits per heavy atom. The van der Waals surface area contributed by atoms with Crippen molar-refractivity contribution in [2.45, 2.75) is 20.0 Å². The zero-order chi connectivity index (χ0) is 20.2. The molecule has 0 fully saturated rings. The van der Waals surface area contributed by atoms with Crippen molar-refractivity contribution in [1.29, 1.82) is 0 Å². The summed E-state index contributed by atoms with van der Waals surface area (Å²) in [6.45, 7) is 4.65. The Balaban J connectivity index is 2.27.